The number of nitrogens with zero attached hydrogens (tertiary/aromatic N) is 1. The van der Waals surface area contributed by atoms with Crippen LogP contribution in [-0.2, 0) is 11.2 Å². The van der Waals surface area contributed by atoms with Crippen molar-refractivity contribution in [3.05, 3.63) is 35.9 Å². The van der Waals surface area contributed by atoms with Crippen LogP contribution in [0.25, 0.3) is 0 Å². The molecule has 1 N–H and O–H groups in total. The maximum absolute atomic E-state index is 11.6. The SMILES string of the molecule is CC(Cc1ccccc1)N(O)C(=O)OC(C)(C)C. The minimum atomic E-state index is -0.717. The van der Waals surface area contributed by atoms with Crippen molar-refractivity contribution in [1.82, 2.24) is 5.06 Å². The summed E-state index contributed by atoms with van der Waals surface area (Å²) < 4.78 is 5.10. The van der Waals surface area contributed by atoms with Gasteiger partial charge >= 0.3 is 6.09 Å². The van der Waals surface area contributed by atoms with Crippen molar-refractivity contribution in [2.45, 2.75) is 45.8 Å². The normalized spacial score (nSPS) is 12.9. The highest BCUT2D eigenvalue weighted by Crippen LogP contribution is 2.12. The predicted octanol–water partition coefficient (Wildman–Crippen LogP) is 3.24. The Balaban J connectivity index is 2.56. The molecule has 1 amide bonds. The lowest BCUT2D eigenvalue weighted by molar-refractivity contribution is -0.116. The predicted molar refractivity (Wildman–Crippen MR) is 69.5 cm³/mol. The molecule has 1 rings (SSSR count). The van der Waals surface area contributed by atoms with E-state index in [1.165, 1.54) is 0 Å². The van der Waals surface area contributed by atoms with Crippen molar-refractivity contribution in [1.29, 1.82) is 0 Å². The zero-order chi connectivity index (χ0) is 13.8. The average Bonchev–Trinajstić information content (AvgIpc) is 2.27. The van der Waals surface area contributed by atoms with E-state index < -0.39 is 11.7 Å². The van der Waals surface area contributed by atoms with Crippen LogP contribution in [-0.4, -0.2) is 28.0 Å². The van der Waals surface area contributed by atoms with E-state index in [0.717, 1.165) is 5.56 Å². The first-order chi connectivity index (χ1) is 8.29. The third-order valence-electron chi connectivity index (χ3n) is 2.37. The summed E-state index contributed by atoms with van der Waals surface area (Å²) in [6, 6.07) is 9.37. The van der Waals surface area contributed by atoms with Gasteiger partial charge in [-0.15, -0.1) is 0 Å². The monoisotopic (exact) mass is 251 g/mol. The largest absolute Gasteiger partial charge is 0.442 e. The second-order valence-corrected chi connectivity index (χ2v) is 5.36. The number of hydrogen-bond acceptors (Lipinski definition) is 3. The molecular weight excluding hydrogens is 230 g/mol. The van der Waals surface area contributed by atoms with Gasteiger partial charge in [-0.1, -0.05) is 30.3 Å². The van der Waals surface area contributed by atoms with Gasteiger partial charge in [0.15, 0.2) is 0 Å². The van der Waals surface area contributed by atoms with E-state index in [4.69, 9.17) is 4.74 Å². The highest BCUT2D eigenvalue weighted by molar-refractivity contribution is 5.67. The molecule has 1 aromatic rings. The van der Waals surface area contributed by atoms with Crippen molar-refractivity contribution in [3.8, 4) is 0 Å². The van der Waals surface area contributed by atoms with Gasteiger partial charge in [0.1, 0.15) is 5.60 Å². The molecule has 1 aromatic carbocycles. The summed E-state index contributed by atoms with van der Waals surface area (Å²) in [5.41, 5.74) is 0.456. The van der Waals surface area contributed by atoms with Crippen LogP contribution in [0.15, 0.2) is 30.3 Å². The second kappa shape index (κ2) is 5.87. The molecule has 0 aliphatic carbocycles. The van der Waals surface area contributed by atoms with Crippen LogP contribution in [0, 0.1) is 0 Å². The van der Waals surface area contributed by atoms with Gasteiger partial charge in [-0.3, -0.25) is 5.21 Å². The number of hydrogen-bond donors (Lipinski definition) is 1. The lowest BCUT2D eigenvalue weighted by Crippen LogP contribution is -2.40. The van der Waals surface area contributed by atoms with E-state index in [2.05, 4.69) is 0 Å². The summed E-state index contributed by atoms with van der Waals surface area (Å²) in [5, 5.41) is 10.4. The number of benzene rings is 1. The first-order valence-electron chi connectivity index (χ1n) is 6.04. The first kappa shape index (κ1) is 14.5. The molecule has 18 heavy (non-hydrogen) atoms. The molecule has 4 nitrogen and oxygen atoms in total. The van der Waals surface area contributed by atoms with E-state index in [1.807, 2.05) is 30.3 Å². The van der Waals surface area contributed by atoms with Crippen molar-refractivity contribution in [3.63, 3.8) is 0 Å². The lowest BCUT2D eigenvalue weighted by Gasteiger charge is -2.26. The Hall–Kier alpha value is -1.55. The molecule has 100 valence electrons. The maximum Gasteiger partial charge on any atom is 0.434 e. The third kappa shape index (κ3) is 4.75. The molecule has 4 heteroatoms. The summed E-state index contributed by atoms with van der Waals surface area (Å²) in [6.07, 6.45) is -0.137. The quantitative estimate of drug-likeness (QED) is 0.662. The maximum atomic E-state index is 11.6. The molecule has 0 saturated heterocycles. The van der Waals surface area contributed by atoms with Crippen LogP contribution in [0.5, 0.6) is 0 Å². The average molecular weight is 251 g/mol. The summed E-state index contributed by atoms with van der Waals surface area (Å²) >= 11 is 0. The lowest BCUT2D eigenvalue weighted by atomic mass is 10.1. The number of carbonyl (C=O) groups is 1. The van der Waals surface area contributed by atoms with Crippen LogP contribution >= 0.6 is 0 Å². The van der Waals surface area contributed by atoms with E-state index in [-0.39, 0.29) is 6.04 Å². The fourth-order valence-electron chi connectivity index (χ4n) is 1.53. The van der Waals surface area contributed by atoms with Gasteiger partial charge in [-0.05, 0) is 39.7 Å². The summed E-state index contributed by atoms with van der Waals surface area (Å²) in [6.45, 7) is 7.07. The second-order valence-electron chi connectivity index (χ2n) is 5.36. The van der Waals surface area contributed by atoms with Crippen LogP contribution in [0.4, 0.5) is 4.79 Å². The topological polar surface area (TPSA) is 49.8 Å². The Bertz CT molecular complexity index is 384. The van der Waals surface area contributed by atoms with E-state index >= 15 is 0 Å². The van der Waals surface area contributed by atoms with E-state index in [0.29, 0.717) is 11.5 Å². The van der Waals surface area contributed by atoms with Gasteiger partial charge < -0.3 is 4.74 Å². The fourth-order valence-corrected chi connectivity index (χ4v) is 1.53. The Morgan fingerprint density at radius 1 is 1.33 bits per heavy atom. The molecule has 0 radical (unpaired) electrons. The van der Waals surface area contributed by atoms with Crippen LogP contribution in [0.1, 0.15) is 33.3 Å². The Morgan fingerprint density at radius 2 is 1.89 bits per heavy atom. The third-order valence-corrected chi connectivity index (χ3v) is 2.37. The standard InChI is InChI=1S/C14H21NO3/c1-11(10-12-8-6-5-7-9-12)15(17)13(16)18-14(2,3)4/h5-9,11,17H,10H2,1-4H3. The van der Waals surface area contributed by atoms with Crippen molar-refractivity contribution >= 4 is 6.09 Å². The molecule has 0 aromatic heterocycles. The Morgan fingerprint density at radius 3 is 2.39 bits per heavy atom. The molecule has 1 atom stereocenters. The van der Waals surface area contributed by atoms with Crippen LogP contribution in [0.3, 0.4) is 0 Å². The van der Waals surface area contributed by atoms with Gasteiger partial charge in [0.05, 0.1) is 6.04 Å². The van der Waals surface area contributed by atoms with Crippen LogP contribution < -0.4 is 0 Å². The van der Waals surface area contributed by atoms with Gasteiger partial charge in [0.2, 0.25) is 0 Å². The number of amides is 1. The van der Waals surface area contributed by atoms with Crippen LogP contribution in [0.2, 0.25) is 0 Å². The van der Waals surface area contributed by atoms with Gasteiger partial charge in [-0.25, -0.2) is 4.79 Å². The van der Waals surface area contributed by atoms with E-state index in [1.54, 1.807) is 27.7 Å². The minimum Gasteiger partial charge on any atom is -0.442 e. The zero-order valence-electron chi connectivity index (χ0n) is 11.4. The number of rotatable bonds is 3. The molecule has 0 saturated carbocycles. The van der Waals surface area contributed by atoms with Crippen molar-refractivity contribution in [2.75, 3.05) is 0 Å². The minimum absolute atomic E-state index is 0.331. The Labute approximate surface area is 108 Å². The molecule has 1 unspecified atom stereocenters. The first-order valence-corrected chi connectivity index (χ1v) is 6.04. The Kier molecular flexibility index (Phi) is 4.73. The number of hydroxylamine groups is 2. The summed E-state index contributed by atoms with van der Waals surface area (Å²) in [4.78, 5) is 11.6. The molecule has 0 fully saturated rings. The number of ether oxygens (including phenoxy) is 1. The zero-order valence-corrected chi connectivity index (χ0v) is 11.4. The number of carbonyl (C=O) groups excluding carboxylic acids is 1. The van der Waals surface area contributed by atoms with Gasteiger partial charge in [0.25, 0.3) is 0 Å². The molecule has 0 aliphatic rings. The smallest absolute Gasteiger partial charge is 0.434 e. The van der Waals surface area contributed by atoms with Crippen molar-refractivity contribution < 1.29 is 14.7 Å². The molecular formula is C14H21NO3. The summed E-state index contributed by atoms with van der Waals surface area (Å²) in [5.74, 6) is 0. The summed E-state index contributed by atoms with van der Waals surface area (Å²) in [7, 11) is 0. The fraction of sp³-hybridized carbons (Fsp3) is 0.500. The highest BCUT2D eigenvalue weighted by Gasteiger charge is 2.24. The molecule has 0 aliphatic heterocycles. The highest BCUT2D eigenvalue weighted by atomic mass is 16.6. The van der Waals surface area contributed by atoms with Gasteiger partial charge in [0, 0.05) is 0 Å². The van der Waals surface area contributed by atoms with Gasteiger partial charge in [-0.2, -0.15) is 5.06 Å². The molecule has 0 spiro atoms. The van der Waals surface area contributed by atoms with E-state index in [9.17, 15) is 10.0 Å². The molecule has 0 heterocycles. The molecule has 0 bridgehead atoms. The van der Waals surface area contributed by atoms with Crippen molar-refractivity contribution in [2.24, 2.45) is 0 Å².